The first-order valence-corrected chi connectivity index (χ1v) is 8.35. The summed E-state index contributed by atoms with van der Waals surface area (Å²) in [6.07, 6.45) is 0.555. The lowest BCUT2D eigenvalue weighted by Crippen LogP contribution is -2.47. The topological polar surface area (TPSA) is 0 Å². The zero-order chi connectivity index (χ0) is 13.7. The van der Waals surface area contributed by atoms with E-state index in [-0.39, 0.29) is 27.3 Å². The summed E-state index contributed by atoms with van der Waals surface area (Å²) in [6.45, 7) is 0. The molecule has 0 amide bonds. The predicted molar refractivity (Wildman–Crippen MR) is 81.2 cm³/mol. The van der Waals surface area contributed by atoms with Gasteiger partial charge in [0.25, 0.3) is 0 Å². The van der Waals surface area contributed by atoms with Crippen LogP contribution in [0.2, 0.25) is 0 Å². The van der Waals surface area contributed by atoms with Gasteiger partial charge in [-0.3, -0.25) is 0 Å². The summed E-state index contributed by atoms with van der Waals surface area (Å²) < 4.78 is -1.50. The molecule has 0 unspecified atom stereocenters. The van der Waals surface area contributed by atoms with Crippen molar-refractivity contribution in [1.82, 2.24) is 0 Å². The van der Waals surface area contributed by atoms with Gasteiger partial charge in [0.05, 0.1) is 20.8 Å². The zero-order valence-corrected chi connectivity index (χ0v) is 14.6. The highest BCUT2D eigenvalue weighted by molar-refractivity contribution is 6.66. The van der Waals surface area contributed by atoms with Crippen molar-refractivity contribution < 1.29 is 0 Å². The van der Waals surface area contributed by atoms with E-state index in [0.29, 0.717) is 6.42 Å². The van der Waals surface area contributed by atoms with Crippen LogP contribution < -0.4 is 0 Å². The molecular formula is C10H6Cl8. The lowest BCUT2D eigenvalue weighted by Gasteiger charge is -2.35. The molecule has 0 aromatic carbocycles. The van der Waals surface area contributed by atoms with Gasteiger partial charge in [-0.25, -0.2) is 0 Å². The number of fused-ring (bicyclic) bond motifs is 5. The maximum Gasteiger partial charge on any atom is 0.166 e. The largest absolute Gasteiger partial charge is 0.166 e. The fourth-order valence-corrected chi connectivity index (χ4v) is 7.46. The van der Waals surface area contributed by atoms with E-state index in [2.05, 4.69) is 0 Å². The number of rotatable bonds is 0. The normalized spacial score (nSPS) is 57.3. The van der Waals surface area contributed by atoms with Gasteiger partial charge in [0.15, 0.2) is 4.33 Å². The van der Waals surface area contributed by atoms with Gasteiger partial charge in [-0.1, -0.05) is 46.4 Å². The van der Waals surface area contributed by atoms with E-state index >= 15 is 0 Å². The Morgan fingerprint density at radius 2 is 1.39 bits per heavy atom. The van der Waals surface area contributed by atoms with E-state index in [9.17, 15) is 0 Å². The zero-order valence-electron chi connectivity index (χ0n) is 8.54. The first kappa shape index (κ1) is 15.0. The number of allylic oxidation sites excluding steroid dienone is 2. The SMILES string of the molecule is ClC1=C(Cl)[C@]2(Cl)[C@H]3[C@H](Cl)[C@@H](Cl)C[C@H]3[C@@]1(Cl)C2(Cl)Cl. The van der Waals surface area contributed by atoms with Crippen LogP contribution in [0.15, 0.2) is 10.1 Å². The summed E-state index contributed by atoms with van der Waals surface area (Å²) in [7, 11) is 0. The van der Waals surface area contributed by atoms with E-state index in [1.807, 2.05) is 0 Å². The maximum absolute atomic E-state index is 6.62. The number of halogens is 8. The molecule has 2 saturated carbocycles. The molecule has 0 nitrogen and oxygen atoms in total. The van der Waals surface area contributed by atoms with Crippen molar-refractivity contribution in [2.75, 3.05) is 0 Å². The molecule has 2 bridgehead atoms. The Kier molecular flexibility index (Phi) is 3.39. The number of hydrogen-bond donors (Lipinski definition) is 0. The fraction of sp³-hybridized carbons (Fsp3) is 0.800. The molecule has 0 aliphatic heterocycles. The summed E-state index contributed by atoms with van der Waals surface area (Å²) in [4.78, 5) is -2.50. The Balaban J connectivity index is 2.26. The Morgan fingerprint density at radius 1 is 0.889 bits per heavy atom. The summed E-state index contributed by atoms with van der Waals surface area (Å²) in [5.41, 5.74) is 0. The van der Waals surface area contributed by atoms with E-state index in [0.717, 1.165) is 0 Å². The van der Waals surface area contributed by atoms with Crippen molar-refractivity contribution in [1.29, 1.82) is 0 Å². The third-order valence-corrected chi connectivity index (χ3v) is 9.79. The average molecular weight is 410 g/mol. The molecule has 0 aromatic rings. The van der Waals surface area contributed by atoms with Crippen molar-refractivity contribution >= 4 is 92.8 Å². The Morgan fingerprint density at radius 3 is 1.94 bits per heavy atom. The molecule has 3 aliphatic rings. The van der Waals surface area contributed by atoms with Gasteiger partial charge in [0.2, 0.25) is 0 Å². The van der Waals surface area contributed by atoms with E-state index < -0.39 is 19.5 Å². The van der Waals surface area contributed by atoms with Crippen LogP contribution in [0.4, 0.5) is 0 Å². The van der Waals surface area contributed by atoms with Crippen LogP contribution in [0.3, 0.4) is 0 Å². The third kappa shape index (κ3) is 1.28. The second kappa shape index (κ2) is 4.07. The molecule has 18 heavy (non-hydrogen) atoms. The minimum absolute atomic E-state index is 0.184. The van der Waals surface area contributed by atoms with Crippen LogP contribution in [-0.2, 0) is 0 Å². The second-order valence-corrected chi connectivity index (χ2v) is 9.29. The highest BCUT2D eigenvalue weighted by Gasteiger charge is 2.84. The monoisotopic (exact) mass is 406 g/mol. The smallest absolute Gasteiger partial charge is 0.121 e. The first-order valence-electron chi connectivity index (χ1n) is 5.21. The highest BCUT2D eigenvalue weighted by atomic mass is 35.5. The third-order valence-electron chi connectivity index (χ3n) is 4.32. The predicted octanol–water partition coefficient (Wildman–Crippen LogP) is 5.68. The molecule has 8 heteroatoms. The lowest BCUT2D eigenvalue weighted by atomic mass is 9.84. The van der Waals surface area contributed by atoms with Crippen molar-refractivity contribution in [3.05, 3.63) is 10.1 Å². The molecule has 0 aromatic heterocycles. The molecule has 0 spiro atoms. The summed E-state index contributed by atoms with van der Waals surface area (Å²) in [6, 6.07) is 0. The molecule has 6 atom stereocenters. The van der Waals surface area contributed by atoms with Crippen molar-refractivity contribution in [2.45, 2.75) is 31.3 Å². The molecule has 0 saturated heterocycles. The van der Waals surface area contributed by atoms with Gasteiger partial charge in [0, 0.05) is 5.92 Å². The van der Waals surface area contributed by atoms with Crippen LogP contribution in [0.5, 0.6) is 0 Å². The van der Waals surface area contributed by atoms with Crippen LogP contribution in [0.25, 0.3) is 0 Å². The minimum atomic E-state index is -1.50. The summed E-state index contributed by atoms with van der Waals surface area (Å²) in [5.74, 6) is -0.488. The van der Waals surface area contributed by atoms with Crippen LogP contribution in [0, 0.1) is 11.8 Å². The van der Waals surface area contributed by atoms with E-state index in [1.54, 1.807) is 0 Å². The van der Waals surface area contributed by atoms with Gasteiger partial charge in [-0.05, 0) is 12.3 Å². The van der Waals surface area contributed by atoms with Gasteiger partial charge < -0.3 is 0 Å². The average Bonchev–Trinajstić information content (AvgIpc) is 2.69. The van der Waals surface area contributed by atoms with Gasteiger partial charge in [-0.15, -0.1) is 46.4 Å². The Hall–Kier alpha value is 2.06. The van der Waals surface area contributed by atoms with Gasteiger partial charge in [0.1, 0.15) is 9.75 Å². The first-order chi connectivity index (χ1) is 8.11. The Labute approximate surface area is 145 Å². The number of hydrogen-bond acceptors (Lipinski definition) is 0. The van der Waals surface area contributed by atoms with Crippen molar-refractivity contribution in [3.8, 4) is 0 Å². The summed E-state index contributed by atoms with van der Waals surface area (Å²) in [5, 5.41) is -0.259. The van der Waals surface area contributed by atoms with Gasteiger partial charge >= 0.3 is 0 Å². The molecule has 0 heterocycles. The second-order valence-electron chi connectivity index (χ2n) is 4.95. The van der Waals surface area contributed by atoms with E-state index in [1.165, 1.54) is 0 Å². The van der Waals surface area contributed by atoms with Crippen molar-refractivity contribution in [2.24, 2.45) is 11.8 Å². The molecule has 0 N–H and O–H groups in total. The molecular weight excluding hydrogens is 404 g/mol. The Bertz CT molecular complexity index is 459. The molecule has 0 radical (unpaired) electrons. The van der Waals surface area contributed by atoms with Gasteiger partial charge in [-0.2, -0.15) is 0 Å². The quantitative estimate of drug-likeness (QED) is 0.451. The fourth-order valence-electron chi connectivity index (χ4n) is 3.48. The molecule has 2 fully saturated rings. The molecule has 3 aliphatic carbocycles. The van der Waals surface area contributed by atoms with Crippen LogP contribution in [0.1, 0.15) is 6.42 Å². The molecule has 3 rings (SSSR count). The number of alkyl halides is 6. The van der Waals surface area contributed by atoms with Crippen molar-refractivity contribution in [3.63, 3.8) is 0 Å². The highest BCUT2D eigenvalue weighted by Crippen LogP contribution is 2.79. The summed E-state index contributed by atoms with van der Waals surface area (Å²) >= 11 is 51.0. The molecule has 102 valence electrons. The minimum Gasteiger partial charge on any atom is -0.121 e. The van der Waals surface area contributed by atoms with E-state index in [4.69, 9.17) is 92.8 Å². The standard InChI is InChI=1S/C10H6Cl8/c11-3-1-2-4(5(3)12)9(16)7(14)6(13)8(2,15)10(9,17)18/h2-5H,1H2/t2-,3+,4-,5-,8+,9-/m1/s1. The van der Waals surface area contributed by atoms with Crippen LogP contribution in [-0.4, -0.2) is 24.8 Å². The van der Waals surface area contributed by atoms with Crippen LogP contribution >= 0.6 is 92.8 Å². The maximum atomic E-state index is 6.62. The lowest BCUT2D eigenvalue weighted by molar-refractivity contribution is 0.385.